The van der Waals surface area contributed by atoms with Gasteiger partial charge >= 0.3 is 0 Å². The fourth-order valence-corrected chi connectivity index (χ4v) is 2.60. The first kappa shape index (κ1) is 13.2. The van der Waals surface area contributed by atoms with E-state index in [1.165, 1.54) is 12.1 Å². The summed E-state index contributed by atoms with van der Waals surface area (Å²) in [6, 6.07) is 12.5. The molecule has 0 atom stereocenters. The highest BCUT2D eigenvalue weighted by atomic mass is 35.5. The topological polar surface area (TPSA) is 30.9 Å². The summed E-state index contributed by atoms with van der Waals surface area (Å²) in [5.41, 5.74) is 8.62. The van der Waals surface area contributed by atoms with E-state index in [4.69, 9.17) is 17.3 Å². The van der Waals surface area contributed by atoms with Gasteiger partial charge in [0, 0.05) is 35.2 Å². The molecule has 0 aliphatic heterocycles. The number of hydrogen-bond acceptors (Lipinski definition) is 1. The van der Waals surface area contributed by atoms with Crippen molar-refractivity contribution >= 4 is 22.5 Å². The zero-order valence-corrected chi connectivity index (χ0v) is 11.6. The molecule has 0 spiro atoms. The van der Waals surface area contributed by atoms with E-state index in [1.54, 1.807) is 6.07 Å². The van der Waals surface area contributed by atoms with Crippen molar-refractivity contribution < 1.29 is 4.39 Å². The Hall–Kier alpha value is -1.84. The van der Waals surface area contributed by atoms with Crippen LogP contribution in [-0.2, 0) is 13.1 Å². The number of rotatable bonds is 3. The first-order valence-electron chi connectivity index (χ1n) is 6.39. The van der Waals surface area contributed by atoms with Gasteiger partial charge in [0.25, 0.3) is 0 Å². The van der Waals surface area contributed by atoms with E-state index in [-0.39, 0.29) is 5.82 Å². The van der Waals surface area contributed by atoms with Gasteiger partial charge < -0.3 is 10.3 Å². The standard InChI is InChI=1S/C16H14ClFN2/c17-15-7-11(9-19)1-2-13(15)10-20-6-5-12-8-14(18)3-4-16(12)20/h1-8H,9-10,19H2. The van der Waals surface area contributed by atoms with Crippen molar-refractivity contribution in [3.63, 3.8) is 0 Å². The van der Waals surface area contributed by atoms with Crippen LogP contribution in [0.2, 0.25) is 5.02 Å². The lowest BCUT2D eigenvalue weighted by molar-refractivity contribution is 0.629. The summed E-state index contributed by atoms with van der Waals surface area (Å²) < 4.78 is 15.2. The molecule has 2 aromatic carbocycles. The number of fused-ring (bicyclic) bond motifs is 1. The van der Waals surface area contributed by atoms with Crippen molar-refractivity contribution in [2.45, 2.75) is 13.1 Å². The zero-order chi connectivity index (χ0) is 14.1. The Labute approximate surface area is 121 Å². The summed E-state index contributed by atoms with van der Waals surface area (Å²) in [5.74, 6) is -0.222. The van der Waals surface area contributed by atoms with Gasteiger partial charge in [0.05, 0.1) is 0 Å². The average molecular weight is 289 g/mol. The van der Waals surface area contributed by atoms with Gasteiger partial charge in [-0.2, -0.15) is 0 Å². The highest BCUT2D eigenvalue weighted by Crippen LogP contribution is 2.22. The van der Waals surface area contributed by atoms with E-state index in [2.05, 4.69) is 4.57 Å². The summed E-state index contributed by atoms with van der Waals surface area (Å²) in [4.78, 5) is 0. The molecule has 0 bridgehead atoms. The van der Waals surface area contributed by atoms with Crippen LogP contribution in [0.4, 0.5) is 4.39 Å². The minimum atomic E-state index is -0.222. The van der Waals surface area contributed by atoms with Gasteiger partial charge in [0.2, 0.25) is 0 Å². The summed E-state index contributed by atoms with van der Waals surface area (Å²) >= 11 is 6.27. The van der Waals surface area contributed by atoms with Crippen LogP contribution in [0, 0.1) is 5.82 Å². The molecular formula is C16H14ClFN2. The predicted molar refractivity (Wildman–Crippen MR) is 80.3 cm³/mol. The molecule has 0 radical (unpaired) electrons. The molecule has 0 amide bonds. The lowest BCUT2D eigenvalue weighted by atomic mass is 10.1. The first-order valence-corrected chi connectivity index (χ1v) is 6.77. The smallest absolute Gasteiger partial charge is 0.123 e. The number of halogens is 2. The lowest BCUT2D eigenvalue weighted by Gasteiger charge is -2.09. The fraction of sp³-hybridized carbons (Fsp3) is 0.125. The van der Waals surface area contributed by atoms with Crippen LogP contribution in [0.25, 0.3) is 10.9 Å². The molecule has 0 aliphatic rings. The third-order valence-corrected chi connectivity index (χ3v) is 3.78. The SMILES string of the molecule is NCc1ccc(Cn2ccc3cc(F)ccc32)c(Cl)c1. The fourth-order valence-electron chi connectivity index (χ4n) is 2.34. The molecule has 0 aliphatic carbocycles. The minimum absolute atomic E-state index is 0.222. The monoisotopic (exact) mass is 288 g/mol. The number of nitrogens with zero attached hydrogens (tertiary/aromatic N) is 1. The lowest BCUT2D eigenvalue weighted by Crippen LogP contribution is -2.01. The third-order valence-electron chi connectivity index (χ3n) is 3.43. The number of nitrogens with two attached hydrogens (primary N) is 1. The zero-order valence-electron chi connectivity index (χ0n) is 10.8. The molecule has 20 heavy (non-hydrogen) atoms. The van der Waals surface area contributed by atoms with Crippen LogP contribution in [0.5, 0.6) is 0 Å². The van der Waals surface area contributed by atoms with Crippen LogP contribution in [0.3, 0.4) is 0 Å². The second kappa shape index (κ2) is 5.27. The molecule has 102 valence electrons. The Morgan fingerprint density at radius 1 is 1.10 bits per heavy atom. The van der Waals surface area contributed by atoms with Crippen molar-refractivity contribution in [2.24, 2.45) is 5.73 Å². The summed E-state index contributed by atoms with van der Waals surface area (Å²) in [6.07, 6.45) is 1.94. The highest BCUT2D eigenvalue weighted by molar-refractivity contribution is 6.31. The summed E-state index contributed by atoms with van der Waals surface area (Å²) in [5, 5.41) is 1.59. The third kappa shape index (κ3) is 2.42. The molecule has 2 N–H and O–H groups in total. The van der Waals surface area contributed by atoms with Gasteiger partial charge in [-0.15, -0.1) is 0 Å². The minimum Gasteiger partial charge on any atom is -0.343 e. The van der Waals surface area contributed by atoms with Crippen LogP contribution >= 0.6 is 11.6 Å². The normalized spacial score (nSPS) is 11.2. The van der Waals surface area contributed by atoms with Crippen molar-refractivity contribution in [1.82, 2.24) is 4.57 Å². The Bertz CT molecular complexity index is 764. The van der Waals surface area contributed by atoms with Crippen LogP contribution in [-0.4, -0.2) is 4.57 Å². The van der Waals surface area contributed by atoms with E-state index in [0.717, 1.165) is 22.0 Å². The summed E-state index contributed by atoms with van der Waals surface area (Å²) in [7, 11) is 0. The highest BCUT2D eigenvalue weighted by Gasteiger charge is 2.06. The number of aromatic nitrogens is 1. The molecule has 1 aromatic heterocycles. The van der Waals surface area contributed by atoms with Crippen LogP contribution < -0.4 is 5.73 Å². The second-order valence-electron chi connectivity index (χ2n) is 4.78. The molecule has 2 nitrogen and oxygen atoms in total. The van der Waals surface area contributed by atoms with E-state index in [0.29, 0.717) is 18.1 Å². The second-order valence-corrected chi connectivity index (χ2v) is 5.18. The molecule has 0 saturated carbocycles. The van der Waals surface area contributed by atoms with Gasteiger partial charge in [-0.25, -0.2) is 4.39 Å². The maximum atomic E-state index is 13.2. The largest absolute Gasteiger partial charge is 0.343 e. The molecule has 3 rings (SSSR count). The summed E-state index contributed by atoms with van der Waals surface area (Å²) in [6.45, 7) is 1.13. The van der Waals surface area contributed by atoms with Crippen molar-refractivity contribution in [1.29, 1.82) is 0 Å². The molecular weight excluding hydrogens is 275 g/mol. The van der Waals surface area contributed by atoms with Gasteiger partial charge in [0.15, 0.2) is 0 Å². The van der Waals surface area contributed by atoms with Gasteiger partial charge in [-0.1, -0.05) is 23.7 Å². The van der Waals surface area contributed by atoms with E-state index < -0.39 is 0 Å². The van der Waals surface area contributed by atoms with Crippen molar-refractivity contribution in [2.75, 3.05) is 0 Å². The Morgan fingerprint density at radius 2 is 1.95 bits per heavy atom. The quantitative estimate of drug-likeness (QED) is 0.777. The van der Waals surface area contributed by atoms with E-state index >= 15 is 0 Å². The van der Waals surface area contributed by atoms with E-state index in [1.807, 2.05) is 30.5 Å². The van der Waals surface area contributed by atoms with Crippen LogP contribution in [0.15, 0.2) is 48.7 Å². The van der Waals surface area contributed by atoms with Crippen molar-refractivity contribution in [3.8, 4) is 0 Å². The molecule has 0 fully saturated rings. The molecule has 1 heterocycles. The Morgan fingerprint density at radius 3 is 2.70 bits per heavy atom. The molecule has 0 unspecified atom stereocenters. The predicted octanol–water partition coefficient (Wildman–Crippen LogP) is 3.94. The van der Waals surface area contributed by atoms with Gasteiger partial charge in [-0.05, 0) is 41.5 Å². The average Bonchev–Trinajstić information content (AvgIpc) is 2.83. The first-order chi connectivity index (χ1) is 9.67. The maximum Gasteiger partial charge on any atom is 0.123 e. The van der Waals surface area contributed by atoms with E-state index in [9.17, 15) is 4.39 Å². The number of hydrogen-bond donors (Lipinski definition) is 1. The number of benzene rings is 2. The molecule has 3 aromatic rings. The maximum absolute atomic E-state index is 13.2. The van der Waals surface area contributed by atoms with Gasteiger partial charge in [-0.3, -0.25) is 0 Å². The van der Waals surface area contributed by atoms with Crippen molar-refractivity contribution in [3.05, 3.63) is 70.6 Å². The Kier molecular flexibility index (Phi) is 3.47. The van der Waals surface area contributed by atoms with Gasteiger partial charge in [0.1, 0.15) is 5.82 Å². The molecule has 4 heteroatoms. The van der Waals surface area contributed by atoms with Crippen LogP contribution in [0.1, 0.15) is 11.1 Å². The Balaban J connectivity index is 1.97. The molecule has 0 saturated heterocycles.